The second kappa shape index (κ2) is 6.96. The van der Waals surface area contributed by atoms with Crippen molar-refractivity contribution in [3.63, 3.8) is 0 Å². The predicted molar refractivity (Wildman–Crippen MR) is 102 cm³/mol. The number of hydrogen-bond acceptors (Lipinski definition) is 2. The molecule has 0 radical (unpaired) electrons. The zero-order valence-electron chi connectivity index (χ0n) is 15.0. The van der Waals surface area contributed by atoms with E-state index in [-0.39, 0.29) is 17.1 Å². The number of nitrogens with zero attached hydrogens (tertiary/aromatic N) is 2. The van der Waals surface area contributed by atoms with Crippen molar-refractivity contribution in [1.29, 1.82) is 0 Å². The SMILES string of the molecule is Cc1cc(-c2[nH]nc(-c3ccccc3)c2C(F)(F)F)ncc1-c1ccccc1. The lowest BCUT2D eigenvalue weighted by atomic mass is 10.00. The summed E-state index contributed by atoms with van der Waals surface area (Å²) in [5, 5.41) is 6.50. The molecule has 3 nitrogen and oxygen atoms in total. The van der Waals surface area contributed by atoms with Crippen molar-refractivity contribution in [2.24, 2.45) is 0 Å². The fraction of sp³-hybridized carbons (Fsp3) is 0.0909. The number of nitrogens with one attached hydrogen (secondary N) is 1. The van der Waals surface area contributed by atoms with Gasteiger partial charge in [0.2, 0.25) is 0 Å². The topological polar surface area (TPSA) is 41.6 Å². The van der Waals surface area contributed by atoms with E-state index in [0.29, 0.717) is 5.56 Å². The van der Waals surface area contributed by atoms with Crippen LogP contribution in [-0.4, -0.2) is 15.2 Å². The molecule has 2 heterocycles. The number of halogens is 3. The van der Waals surface area contributed by atoms with Gasteiger partial charge in [0.05, 0.1) is 11.4 Å². The molecule has 0 unspecified atom stereocenters. The van der Waals surface area contributed by atoms with Crippen LogP contribution in [0.2, 0.25) is 0 Å². The quantitative estimate of drug-likeness (QED) is 0.465. The van der Waals surface area contributed by atoms with E-state index in [2.05, 4.69) is 15.2 Å². The van der Waals surface area contributed by atoms with Crippen LogP contribution in [0.4, 0.5) is 13.2 Å². The van der Waals surface area contributed by atoms with Crippen molar-refractivity contribution in [2.75, 3.05) is 0 Å². The third-order valence-corrected chi connectivity index (χ3v) is 4.55. The summed E-state index contributed by atoms with van der Waals surface area (Å²) in [7, 11) is 0. The second-order valence-corrected chi connectivity index (χ2v) is 6.44. The molecule has 0 atom stereocenters. The van der Waals surface area contributed by atoms with E-state index in [1.54, 1.807) is 42.6 Å². The number of pyridine rings is 1. The van der Waals surface area contributed by atoms with E-state index in [1.807, 2.05) is 37.3 Å². The molecule has 28 heavy (non-hydrogen) atoms. The van der Waals surface area contributed by atoms with Crippen LogP contribution < -0.4 is 0 Å². The highest BCUT2D eigenvalue weighted by atomic mass is 19.4. The van der Waals surface area contributed by atoms with E-state index < -0.39 is 11.7 Å². The molecule has 0 amide bonds. The Morgan fingerprint density at radius 1 is 0.857 bits per heavy atom. The van der Waals surface area contributed by atoms with E-state index in [9.17, 15) is 13.2 Å². The molecule has 2 aromatic carbocycles. The summed E-state index contributed by atoms with van der Waals surface area (Å²) in [5.74, 6) is 0. The largest absolute Gasteiger partial charge is 0.420 e. The molecule has 4 rings (SSSR count). The number of aromatic nitrogens is 3. The molecule has 0 saturated heterocycles. The first-order chi connectivity index (χ1) is 13.4. The van der Waals surface area contributed by atoms with Crippen LogP contribution in [0.3, 0.4) is 0 Å². The first-order valence-corrected chi connectivity index (χ1v) is 8.68. The van der Waals surface area contributed by atoms with E-state index in [0.717, 1.165) is 16.7 Å². The van der Waals surface area contributed by atoms with Gasteiger partial charge in [-0.2, -0.15) is 18.3 Å². The van der Waals surface area contributed by atoms with Gasteiger partial charge >= 0.3 is 6.18 Å². The molecule has 0 bridgehead atoms. The lowest BCUT2D eigenvalue weighted by molar-refractivity contribution is -0.136. The van der Waals surface area contributed by atoms with Gasteiger partial charge in [0.1, 0.15) is 11.3 Å². The monoisotopic (exact) mass is 379 g/mol. The number of hydrogen-bond donors (Lipinski definition) is 1. The first kappa shape index (κ1) is 18.0. The van der Waals surface area contributed by atoms with Crippen molar-refractivity contribution in [3.8, 4) is 33.8 Å². The minimum Gasteiger partial charge on any atom is -0.275 e. The van der Waals surface area contributed by atoms with Gasteiger partial charge < -0.3 is 0 Å². The zero-order chi connectivity index (χ0) is 19.7. The lowest BCUT2D eigenvalue weighted by Crippen LogP contribution is -2.08. The number of benzene rings is 2. The van der Waals surface area contributed by atoms with Crippen LogP contribution in [0.1, 0.15) is 11.1 Å². The molecule has 4 aromatic rings. The van der Waals surface area contributed by atoms with E-state index in [4.69, 9.17) is 0 Å². The third-order valence-electron chi connectivity index (χ3n) is 4.55. The molecule has 140 valence electrons. The summed E-state index contributed by atoms with van der Waals surface area (Å²) in [6.07, 6.45) is -2.97. The molecule has 0 aliphatic carbocycles. The minimum absolute atomic E-state index is 0.130. The third kappa shape index (κ3) is 3.29. The van der Waals surface area contributed by atoms with Gasteiger partial charge in [0.25, 0.3) is 0 Å². The van der Waals surface area contributed by atoms with Crippen molar-refractivity contribution in [1.82, 2.24) is 15.2 Å². The molecule has 0 saturated carbocycles. The van der Waals surface area contributed by atoms with Crippen molar-refractivity contribution in [3.05, 3.63) is 84.1 Å². The average molecular weight is 379 g/mol. The Hall–Kier alpha value is -3.41. The van der Waals surface area contributed by atoms with Gasteiger partial charge in [-0.1, -0.05) is 60.7 Å². The molecule has 0 fully saturated rings. The van der Waals surface area contributed by atoms with Crippen LogP contribution in [0, 0.1) is 6.92 Å². The maximum Gasteiger partial charge on any atom is 0.420 e. The average Bonchev–Trinajstić information content (AvgIpc) is 3.15. The second-order valence-electron chi connectivity index (χ2n) is 6.44. The fourth-order valence-corrected chi connectivity index (χ4v) is 3.22. The van der Waals surface area contributed by atoms with Gasteiger partial charge in [-0.15, -0.1) is 0 Å². The Balaban J connectivity index is 1.84. The maximum absolute atomic E-state index is 13.9. The van der Waals surface area contributed by atoms with E-state index in [1.165, 1.54) is 0 Å². The number of alkyl halides is 3. The Morgan fingerprint density at radius 2 is 1.46 bits per heavy atom. The van der Waals surface area contributed by atoms with Gasteiger partial charge in [-0.25, -0.2) is 0 Å². The fourth-order valence-electron chi connectivity index (χ4n) is 3.22. The molecular formula is C22H16F3N3. The molecule has 1 N–H and O–H groups in total. The zero-order valence-corrected chi connectivity index (χ0v) is 15.0. The molecule has 0 spiro atoms. The summed E-state index contributed by atoms with van der Waals surface area (Å²) in [5.41, 5.74) is 2.21. The normalized spacial score (nSPS) is 11.6. The van der Waals surface area contributed by atoms with Gasteiger partial charge in [-0.05, 0) is 24.1 Å². The summed E-state index contributed by atoms with van der Waals surface area (Å²) in [6.45, 7) is 1.86. The van der Waals surface area contributed by atoms with Crippen LogP contribution in [-0.2, 0) is 6.18 Å². The van der Waals surface area contributed by atoms with Crippen LogP contribution in [0.15, 0.2) is 72.9 Å². The number of H-pyrrole nitrogens is 1. The summed E-state index contributed by atoms with van der Waals surface area (Å²) >= 11 is 0. The van der Waals surface area contributed by atoms with Crippen molar-refractivity contribution >= 4 is 0 Å². The Kier molecular flexibility index (Phi) is 4.47. The lowest BCUT2D eigenvalue weighted by Gasteiger charge is -2.11. The van der Waals surface area contributed by atoms with Crippen LogP contribution >= 0.6 is 0 Å². The highest BCUT2D eigenvalue weighted by Gasteiger charge is 2.39. The minimum atomic E-state index is -4.57. The Bertz CT molecular complexity index is 1100. The van der Waals surface area contributed by atoms with Gasteiger partial charge in [-0.3, -0.25) is 10.1 Å². The summed E-state index contributed by atoms with van der Waals surface area (Å²) in [4.78, 5) is 4.30. The molecule has 2 aromatic heterocycles. The van der Waals surface area contributed by atoms with Crippen LogP contribution in [0.25, 0.3) is 33.8 Å². The van der Waals surface area contributed by atoms with Gasteiger partial charge in [0.15, 0.2) is 0 Å². The molecular weight excluding hydrogens is 363 g/mol. The highest BCUT2D eigenvalue weighted by molar-refractivity contribution is 5.75. The predicted octanol–water partition coefficient (Wildman–Crippen LogP) is 6.13. The van der Waals surface area contributed by atoms with Crippen molar-refractivity contribution in [2.45, 2.75) is 13.1 Å². The number of aromatic amines is 1. The van der Waals surface area contributed by atoms with Gasteiger partial charge in [0, 0.05) is 17.3 Å². The maximum atomic E-state index is 13.9. The van der Waals surface area contributed by atoms with Crippen LogP contribution in [0.5, 0.6) is 0 Å². The smallest absolute Gasteiger partial charge is 0.275 e. The highest BCUT2D eigenvalue weighted by Crippen LogP contribution is 2.41. The number of aryl methyl sites for hydroxylation is 1. The standard InChI is InChI=1S/C22H16F3N3/c1-14-12-18(26-13-17(14)15-8-4-2-5-9-15)21-19(22(23,24)25)20(27-28-21)16-10-6-3-7-11-16/h2-13H,1H3,(H,27,28). The molecule has 0 aliphatic rings. The molecule has 0 aliphatic heterocycles. The summed E-state index contributed by atoms with van der Waals surface area (Å²) < 4.78 is 41.6. The Morgan fingerprint density at radius 3 is 2.04 bits per heavy atom. The summed E-state index contributed by atoms with van der Waals surface area (Å²) in [6, 6.07) is 19.6. The number of rotatable bonds is 3. The molecule has 6 heteroatoms. The Labute approximate surface area is 159 Å². The van der Waals surface area contributed by atoms with Crippen molar-refractivity contribution < 1.29 is 13.2 Å². The van der Waals surface area contributed by atoms with E-state index >= 15 is 0 Å². The first-order valence-electron chi connectivity index (χ1n) is 8.68.